The van der Waals surface area contributed by atoms with Crippen molar-refractivity contribution in [3.63, 3.8) is 0 Å². The summed E-state index contributed by atoms with van der Waals surface area (Å²) in [5.74, 6) is -1.25. The second kappa shape index (κ2) is 6.60. The molecule has 0 saturated carbocycles. The van der Waals surface area contributed by atoms with Crippen molar-refractivity contribution in [3.05, 3.63) is 12.2 Å². The van der Waals surface area contributed by atoms with Crippen LogP contribution in [-0.2, 0) is 28.6 Å². The molecule has 0 unspecified atom stereocenters. The lowest BCUT2D eigenvalue weighted by molar-refractivity contribution is -0.145. The zero-order valence-corrected chi connectivity index (χ0v) is 11.8. The van der Waals surface area contributed by atoms with Crippen molar-refractivity contribution in [2.24, 2.45) is 0 Å². The predicted molar refractivity (Wildman–Crippen MR) is 68.3 cm³/mol. The van der Waals surface area contributed by atoms with Crippen LogP contribution in [0.3, 0.4) is 0 Å². The zero-order chi connectivity index (χ0) is 14.5. The highest BCUT2D eigenvalue weighted by Crippen LogP contribution is 2.39. The van der Waals surface area contributed by atoms with E-state index in [-0.39, 0.29) is 13.2 Å². The molecule has 0 fully saturated rings. The van der Waals surface area contributed by atoms with E-state index in [1.807, 2.05) is 0 Å². The first-order valence-corrected chi connectivity index (χ1v) is 6.52. The lowest BCUT2D eigenvalue weighted by Gasteiger charge is -2.26. The van der Waals surface area contributed by atoms with Crippen molar-refractivity contribution in [2.75, 3.05) is 13.2 Å². The first-order chi connectivity index (χ1) is 8.83. The number of esters is 3. The van der Waals surface area contributed by atoms with Gasteiger partial charge in [-0.05, 0) is 6.08 Å². The molecule has 0 saturated heterocycles. The molecule has 0 aromatic rings. The molecule has 0 radical (unpaired) electrons. The van der Waals surface area contributed by atoms with Gasteiger partial charge in [-0.1, -0.05) is 17.8 Å². The van der Waals surface area contributed by atoms with Gasteiger partial charge in [0.1, 0.15) is 18.0 Å². The average Bonchev–Trinajstić information content (AvgIpc) is 2.67. The Balaban J connectivity index is 2.66. The molecule has 1 aliphatic heterocycles. The number of thioether (sulfide) groups is 1. The second-order valence-corrected chi connectivity index (χ2v) is 5.59. The molecule has 1 rings (SSSR count). The highest BCUT2D eigenvalue weighted by atomic mass is 32.2. The van der Waals surface area contributed by atoms with Crippen molar-refractivity contribution in [1.29, 1.82) is 0 Å². The molecule has 1 heterocycles. The molecule has 0 amide bonds. The minimum absolute atomic E-state index is 0.0501. The van der Waals surface area contributed by atoms with Gasteiger partial charge < -0.3 is 14.2 Å². The normalized spacial score (nSPS) is 19.8. The number of hydrogen-bond acceptors (Lipinski definition) is 7. The maximum atomic E-state index is 10.9. The van der Waals surface area contributed by atoms with E-state index in [1.165, 1.54) is 32.5 Å². The Bertz CT molecular complexity index is 385. The molecule has 1 aliphatic rings. The van der Waals surface area contributed by atoms with E-state index >= 15 is 0 Å². The topological polar surface area (TPSA) is 78.9 Å². The van der Waals surface area contributed by atoms with Crippen LogP contribution in [0, 0.1) is 0 Å². The number of carbonyl (C=O) groups excluding carboxylic acids is 3. The van der Waals surface area contributed by atoms with Gasteiger partial charge in [0.2, 0.25) is 0 Å². The fourth-order valence-electron chi connectivity index (χ4n) is 1.44. The van der Waals surface area contributed by atoms with Gasteiger partial charge in [0.05, 0.1) is 0 Å². The predicted octanol–water partition coefficient (Wildman–Crippen LogP) is 1.04. The molecule has 0 N–H and O–H groups in total. The van der Waals surface area contributed by atoms with Crippen LogP contribution in [0.25, 0.3) is 0 Å². The first-order valence-electron chi connectivity index (χ1n) is 5.64. The number of rotatable bonds is 5. The van der Waals surface area contributed by atoms with Crippen LogP contribution in [0.4, 0.5) is 0 Å². The van der Waals surface area contributed by atoms with Gasteiger partial charge in [0, 0.05) is 20.8 Å². The van der Waals surface area contributed by atoms with Crippen LogP contribution in [0.1, 0.15) is 20.8 Å². The zero-order valence-electron chi connectivity index (χ0n) is 11.0. The summed E-state index contributed by atoms with van der Waals surface area (Å²) in [7, 11) is 0. The molecule has 1 atom stereocenters. The van der Waals surface area contributed by atoms with Gasteiger partial charge in [-0.25, -0.2) is 0 Å². The summed E-state index contributed by atoms with van der Waals surface area (Å²) in [5.41, 5.74) is -0.469. The maximum Gasteiger partial charge on any atom is 0.304 e. The summed E-state index contributed by atoms with van der Waals surface area (Å²) in [6.45, 7) is 4.01. The van der Waals surface area contributed by atoms with Crippen molar-refractivity contribution in [1.82, 2.24) is 0 Å². The van der Waals surface area contributed by atoms with Crippen molar-refractivity contribution < 1.29 is 28.6 Å². The van der Waals surface area contributed by atoms with Gasteiger partial charge in [0.25, 0.3) is 0 Å². The summed E-state index contributed by atoms with van der Waals surface area (Å²) >= 11 is 1.26. The summed E-state index contributed by atoms with van der Waals surface area (Å²) in [5, 5.41) is 0. The monoisotopic (exact) mass is 288 g/mol. The van der Waals surface area contributed by atoms with E-state index in [0.29, 0.717) is 0 Å². The fourth-order valence-corrected chi connectivity index (χ4v) is 2.66. The molecule has 0 aliphatic carbocycles. The lowest BCUT2D eigenvalue weighted by atomic mass is 10.1. The van der Waals surface area contributed by atoms with Gasteiger partial charge in [0.15, 0.2) is 5.44 Å². The third-order valence-corrected chi connectivity index (χ3v) is 3.56. The maximum absolute atomic E-state index is 10.9. The fraction of sp³-hybridized carbons (Fsp3) is 0.583. The van der Waals surface area contributed by atoms with Crippen molar-refractivity contribution in [2.45, 2.75) is 31.0 Å². The lowest BCUT2D eigenvalue weighted by Crippen LogP contribution is -2.35. The largest absolute Gasteiger partial charge is 0.464 e. The Morgan fingerprint density at radius 3 is 2.00 bits per heavy atom. The molecule has 106 valence electrons. The molecular weight excluding hydrogens is 272 g/mol. The molecule has 19 heavy (non-hydrogen) atoms. The minimum Gasteiger partial charge on any atom is -0.464 e. The Kier molecular flexibility index (Phi) is 5.41. The standard InChI is InChI=1S/C12H16O6S/c1-8(13)16-6-12(7-17-9(2)14)5-4-11(19-12)18-10(3)15/h4-5,11H,6-7H2,1-3H3/t11-/m1/s1. The molecule has 0 spiro atoms. The quantitative estimate of drug-likeness (QED) is 0.425. The molecular formula is C12H16O6S. The third kappa shape index (κ3) is 5.34. The van der Waals surface area contributed by atoms with Crippen LogP contribution in [0.5, 0.6) is 0 Å². The highest BCUT2D eigenvalue weighted by Gasteiger charge is 2.39. The summed E-state index contributed by atoms with van der Waals surface area (Å²) in [6.07, 6.45) is 3.41. The summed E-state index contributed by atoms with van der Waals surface area (Å²) in [6, 6.07) is 0. The number of hydrogen-bond donors (Lipinski definition) is 0. The molecule has 6 nitrogen and oxygen atoms in total. The Hall–Kier alpha value is -1.50. The smallest absolute Gasteiger partial charge is 0.304 e. The molecule has 0 aromatic heterocycles. The van der Waals surface area contributed by atoms with Gasteiger partial charge in [-0.2, -0.15) is 0 Å². The van der Waals surface area contributed by atoms with Crippen molar-refractivity contribution >= 4 is 29.7 Å². The van der Waals surface area contributed by atoms with Crippen LogP contribution in [-0.4, -0.2) is 41.3 Å². The van der Waals surface area contributed by atoms with Crippen LogP contribution >= 0.6 is 11.8 Å². The van der Waals surface area contributed by atoms with E-state index in [2.05, 4.69) is 0 Å². The SMILES string of the molecule is CC(=O)OCC1(COC(C)=O)C=C[C@H](OC(C)=O)S1. The second-order valence-electron chi connectivity index (χ2n) is 4.08. The van der Waals surface area contributed by atoms with Crippen LogP contribution in [0.2, 0.25) is 0 Å². The molecule has 0 aromatic carbocycles. The van der Waals surface area contributed by atoms with E-state index < -0.39 is 28.1 Å². The van der Waals surface area contributed by atoms with Crippen LogP contribution in [0.15, 0.2) is 12.2 Å². The third-order valence-electron chi connectivity index (χ3n) is 2.23. The molecule has 0 bridgehead atoms. The van der Waals surface area contributed by atoms with E-state index in [0.717, 1.165) is 0 Å². The average molecular weight is 288 g/mol. The highest BCUT2D eigenvalue weighted by molar-refractivity contribution is 8.01. The Morgan fingerprint density at radius 2 is 1.58 bits per heavy atom. The van der Waals surface area contributed by atoms with Crippen LogP contribution < -0.4 is 0 Å². The molecule has 7 heteroatoms. The van der Waals surface area contributed by atoms with E-state index in [9.17, 15) is 14.4 Å². The van der Waals surface area contributed by atoms with Gasteiger partial charge in [-0.3, -0.25) is 14.4 Å². The first kappa shape index (κ1) is 15.6. The Labute approximate surface area is 115 Å². The summed E-state index contributed by atoms with van der Waals surface area (Å²) in [4.78, 5) is 32.7. The number of carbonyl (C=O) groups is 3. The minimum atomic E-state index is -0.711. The van der Waals surface area contributed by atoms with Gasteiger partial charge >= 0.3 is 17.9 Å². The summed E-state index contributed by atoms with van der Waals surface area (Å²) < 4.78 is 14.3. The van der Waals surface area contributed by atoms with E-state index in [1.54, 1.807) is 12.2 Å². The van der Waals surface area contributed by atoms with Gasteiger partial charge in [-0.15, -0.1) is 0 Å². The van der Waals surface area contributed by atoms with E-state index in [4.69, 9.17) is 14.2 Å². The number of ether oxygens (including phenoxy) is 3. The Morgan fingerprint density at radius 1 is 1.05 bits per heavy atom. The van der Waals surface area contributed by atoms with Crippen molar-refractivity contribution in [3.8, 4) is 0 Å².